The van der Waals surface area contributed by atoms with Gasteiger partial charge in [0.25, 0.3) is 0 Å². The first kappa shape index (κ1) is 14.3. The Balaban J connectivity index is 2.11. The highest BCUT2D eigenvalue weighted by molar-refractivity contribution is 7.09. The van der Waals surface area contributed by atoms with E-state index in [-0.39, 0.29) is 0 Å². The van der Waals surface area contributed by atoms with Crippen LogP contribution in [0.5, 0.6) is 0 Å². The largest absolute Gasteiger partial charge is 0.314 e. The molecular weight excluding hydrogens is 254 g/mol. The topological polar surface area (TPSA) is 29.9 Å². The highest BCUT2D eigenvalue weighted by Gasteiger charge is 2.16. The smallest absolute Gasteiger partial charge is 0.0628 e. The third kappa shape index (κ3) is 3.45. The Kier molecular flexibility index (Phi) is 4.77. The van der Waals surface area contributed by atoms with Gasteiger partial charge < -0.3 is 5.32 Å². The van der Waals surface area contributed by atoms with Crippen molar-refractivity contribution < 1.29 is 0 Å². The summed E-state index contributed by atoms with van der Waals surface area (Å²) in [6, 6.07) is 4.84. The zero-order chi connectivity index (χ0) is 13.8. The SMILES string of the molecule is CCNC(Cc1cccs1)Cc1c(C)nn(C)c1C. The molecule has 0 saturated heterocycles. The van der Waals surface area contributed by atoms with Gasteiger partial charge in [-0.2, -0.15) is 5.10 Å². The minimum Gasteiger partial charge on any atom is -0.314 e. The summed E-state index contributed by atoms with van der Waals surface area (Å²) in [7, 11) is 2.02. The summed E-state index contributed by atoms with van der Waals surface area (Å²) >= 11 is 1.84. The summed E-state index contributed by atoms with van der Waals surface area (Å²) in [5, 5.41) is 10.3. The van der Waals surface area contributed by atoms with Gasteiger partial charge in [-0.1, -0.05) is 13.0 Å². The molecule has 0 aliphatic heterocycles. The van der Waals surface area contributed by atoms with Crippen LogP contribution >= 0.6 is 11.3 Å². The lowest BCUT2D eigenvalue weighted by Crippen LogP contribution is -2.33. The van der Waals surface area contributed by atoms with E-state index in [1.165, 1.54) is 16.1 Å². The van der Waals surface area contributed by atoms with Crippen molar-refractivity contribution in [2.75, 3.05) is 6.54 Å². The Hall–Kier alpha value is -1.13. The zero-order valence-corrected chi connectivity index (χ0v) is 13.0. The van der Waals surface area contributed by atoms with Crippen LogP contribution in [0.3, 0.4) is 0 Å². The van der Waals surface area contributed by atoms with E-state index >= 15 is 0 Å². The molecule has 0 amide bonds. The summed E-state index contributed by atoms with van der Waals surface area (Å²) in [6.45, 7) is 7.44. The van der Waals surface area contributed by atoms with Crippen molar-refractivity contribution in [3.8, 4) is 0 Å². The molecule has 19 heavy (non-hydrogen) atoms. The number of likely N-dealkylation sites (N-methyl/N-ethyl adjacent to an activating group) is 1. The third-order valence-electron chi connectivity index (χ3n) is 3.63. The Morgan fingerprint density at radius 1 is 1.37 bits per heavy atom. The maximum Gasteiger partial charge on any atom is 0.0628 e. The number of aromatic nitrogens is 2. The fraction of sp³-hybridized carbons (Fsp3) is 0.533. The van der Waals surface area contributed by atoms with E-state index in [9.17, 15) is 0 Å². The zero-order valence-electron chi connectivity index (χ0n) is 12.2. The van der Waals surface area contributed by atoms with Crippen LogP contribution in [0.2, 0.25) is 0 Å². The lowest BCUT2D eigenvalue weighted by atomic mass is 10.0. The van der Waals surface area contributed by atoms with Crippen LogP contribution in [0.25, 0.3) is 0 Å². The minimum atomic E-state index is 0.491. The lowest BCUT2D eigenvalue weighted by Gasteiger charge is -2.17. The van der Waals surface area contributed by atoms with E-state index in [2.05, 4.69) is 48.7 Å². The molecule has 0 saturated carbocycles. The second kappa shape index (κ2) is 6.35. The maximum absolute atomic E-state index is 4.51. The van der Waals surface area contributed by atoms with E-state index < -0.39 is 0 Å². The van der Waals surface area contributed by atoms with Gasteiger partial charge in [0, 0.05) is 23.7 Å². The lowest BCUT2D eigenvalue weighted by molar-refractivity contribution is 0.522. The van der Waals surface area contributed by atoms with Crippen LogP contribution < -0.4 is 5.32 Å². The third-order valence-corrected chi connectivity index (χ3v) is 4.53. The summed E-state index contributed by atoms with van der Waals surface area (Å²) < 4.78 is 1.98. The molecule has 2 aromatic rings. The van der Waals surface area contributed by atoms with E-state index in [1.807, 2.05) is 23.1 Å². The van der Waals surface area contributed by atoms with Crippen LogP contribution in [-0.2, 0) is 19.9 Å². The first-order chi connectivity index (χ1) is 9.11. The summed E-state index contributed by atoms with van der Waals surface area (Å²) in [4.78, 5) is 1.45. The molecule has 0 spiro atoms. The first-order valence-corrected chi connectivity index (χ1v) is 7.74. The fourth-order valence-electron chi connectivity index (χ4n) is 2.54. The van der Waals surface area contributed by atoms with Gasteiger partial charge in [-0.25, -0.2) is 0 Å². The summed E-state index contributed by atoms with van der Waals surface area (Å²) in [6.07, 6.45) is 2.15. The molecule has 1 atom stereocenters. The molecular formula is C15H23N3S. The molecule has 3 nitrogen and oxygen atoms in total. The fourth-order valence-corrected chi connectivity index (χ4v) is 3.32. The predicted molar refractivity (Wildman–Crippen MR) is 81.9 cm³/mol. The summed E-state index contributed by atoms with van der Waals surface area (Å²) in [5.41, 5.74) is 3.84. The normalized spacial score (nSPS) is 12.8. The van der Waals surface area contributed by atoms with Gasteiger partial charge in [0.15, 0.2) is 0 Å². The van der Waals surface area contributed by atoms with Gasteiger partial charge in [-0.3, -0.25) is 4.68 Å². The van der Waals surface area contributed by atoms with E-state index in [1.54, 1.807) is 0 Å². The van der Waals surface area contributed by atoms with E-state index in [0.717, 1.165) is 25.1 Å². The number of hydrogen-bond acceptors (Lipinski definition) is 3. The second-order valence-corrected chi connectivity index (χ2v) is 6.05. The molecule has 0 aliphatic carbocycles. The van der Waals surface area contributed by atoms with Crippen molar-refractivity contribution in [1.29, 1.82) is 0 Å². The van der Waals surface area contributed by atoms with Crippen LogP contribution in [0.4, 0.5) is 0 Å². The molecule has 0 aromatic carbocycles. The van der Waals surface area contributed by atoms with Gasteiger partial charge in [-0.15, -0.1) is 11.3 Å². The number of nitrogens with one attached hydrogen (secondary N) is 1. The van der Waals surface area contributed by atoms with Gasteiger partial charge in [0.05, 0.1) is 5.69 Å². The van der Waals surface area contributed by atoms with Gasteiger partial charge in [-0.05, 0) is 50.2 Å². The first-order valence-electron chi connectivity index (χ1n) is 6.86. The molecule has 0 radical (unpaired) electrons. The maximum atomic E-state index is 4.51. The van der Waals surface area contributed by atoms with Gasteiger partial charge in [0.1, 0.15) is 0 Å². The average molecular weight is 277 g/mol. The van der Waals surface area contributed by atoms with Crippen molar-refractivity contribution in [3.05, 3.63) is 39.3 Å². The molecule has 0 fully saturated rings. The standard InChI is InChI=1S/C15H23N3S/c1-5-16-13(9-14-7-6-8-19-14)10-15-11(2)17-18(4)12(15)3/h6-8,13,16H,5,9-10H2,1-4H3. The monoisotopic (exact) mass is 277 g/mol. The van der Waals surface area contributed by atoms with Crippen LogP contribution in [0, 0.1) is 13.8 Å². The van der Waals surface area contributed by atoms with Crippen molar-refractivity contribution >= 4 is 11.3 Å². The second-order valence-electron chi connectivity index (χ2n) is 5.02. The van der Waals surface area contributed by atoms with Crippen molar-refractivity contribution in [1.82, 2.24) is 15.1 Å². The quantitative estimate of drug-likeness (QED) is 0.880. The average Bonchev–Trinajstić information content (AvgIpc) is 2.94. The van der Waals surface area contributed by atoms with E-state index in [4.69, 9.17) is 0 Å². The molecule has 1 N–H and O–H groups in total. The van der Waals surface area contributed by atoms with Gasteiger partial charge in [0.2, 0.25) is 0 Å². The highest BCUT2D eigenvalue weighted by atomic mass is 32.1. The molecule has 1 unspecified atom stereocenters. The Labute approximate surface area is 119 Å². The van der Waals surface area contributed by atoms with E-state index in [0.29, 0.717) is 6.04 Å². The predicted octanol–water partition coefficient (Wildman–Crippen LogP) is 2.86. The molecule has 2 heterocycles. The Bertz CT molecular complexity index is 514. The van der Waals surface area contributed by atoms with Crippen LogP contribution in [0.1, 0.15) is 28.8 Å². The van der Waals surface area contributed by atoms with Crippen molar-refractivity contribution in [2.45, 2.75) is 39.7 Å². The molecule has 2 rings (SSSR count). The Morgan fingerprint density at radius 2 is 2.16 bits per heavy atom. The molecule has 0 bridgehead atoms. The Morgan fingerprint density at radius 3 is 2.68 bits per heavy atom. The number of aryl methyl sites for hydroxylation is 2. The number of hydrogen-bond donors (Lipinski definition) is 1. The summed E-state index contributed by atoms with van der Waals surface area (Å²) in [5.74, 6) is 0. The minimum absolute atomic E-state index is 0.491. The molecule has 0 aliphatic rings. The number of thiophene rings is 1. The van der Waals surface area contributed by atoms with Crippen molar-refractivity contribution in [2.24, 2.45) is 7.05 Å². The molecule has 2 aromatic heterocycles. The van der Waals surface area contributed by atoms with Crippen molar-refractivity contribution in [3.63, 3.8) is 0 Å². The number of rotatable bonds is 6. The van der Waals surface area contributed by atoms with Crippen LogP contribution in [0.15, 0.2) is 17.5 Å². The highest BCUT2D eigenvalue weighted by Crippen LogP contribution is 2.18. The molecule has 4 heteroatoms. The molecule has 104 valence electrons. The van der Waals surface area contributed by atoms with Gasteiger partial charge >= 0.3 is 0 Å². The van der Waals surface area contributed by atoms with Crippen LogP contribution in [-0.4, -0.2) is 22.4 Å². The number of nitrogens with zero attached hydrogens (tertiary/aromatic N) is 2.